The molecule has 0 spiro atoms. The smallest absolute Gasteiger partial charge is 0.255 e. The quantitative estimate of drug-likeness (QED) is 0.620. The molecule has 0 saturated heterocycles. The highest BCUT2D eigenvalue weighted by molar-refractivity contribution is 7.10. The largest absolute Gasteiger partial charge is 0.362 e. The minimum Gasteiger partial charge on any atom is -0.362 e. The highest BCUT2D eigenvalue weighted by atomic mass is 32.1. The Labute approximate surface area is 190 Å². The lowest BCUT2D eigenvalue weighted by molar-refractivity contribution is -0.116. The maximum atomic E-state index is 13.5. The molecule has 0 fully saturated rings. The average Bonchev–Trinajstić information content (AvgIpc) is 3.34. The number of ketones is 1. The second-order valence-electron chi connectivity index (χ2n) is 7.99. The molecule has 3 aromatic rings. The standard InChI is InChI=1S/C25H22N4O2S/c1-15-22(25(31)29-21-8-2-3-10-27-21)23(16-6-4-9-26-14-16)24-18(28-15)12-17(13-19(24)30)20-7-5-11-32-20/h2-11,14,17,23,28H,12-13H2,1H3,(H,27,29,31)/t17-,23+/m1/s1. The van der Waals surface area contributed by atoms with E-state index >= 15 is 0 Å². The van der Waals surface area contributed by atoms with Crippen molar-refractivity contribution in [1.29, 1.82) is 0 Å². The van der Waals surface area contributed by atoms with Crippen molar-refractivity contribution in [2.75, 3.05) is 5.32 Å². The number of nitrogens with one attached hydrogen (secondary N) is 2. The van der Waals surface area contributed by atoms with Crippen molar-refractivity contribution >= 4 is 28.8 Å². The zero-order chi connectivity index (χ0) is 22.1. The van der Waals surface area contributed by atoms with E-state index in [2.05, 4.69) is 26.7 Å². The molecule has 2 aliphatic rings. The van der Waals surface area contributed by atoms with Gasteiger partial charge in [-0.3, -0.25) is 14.6 Å². The molecular weight excluding hydrogens is 420 g/mol. The maximum Gasteiger partial charge on any atom is 0.255 e. The van der Waals surface area contributed by atoms with Crippen LogP contribution in [0.5, 0.6) is 0 Å². The van der Waals surface area contributed by atoms with E-state index in [1.54, 1.807) is 42.1 Å². The lowest BCUT2D eigenvalue weighted by Gasteiger charge is -2.36. The van der Waals surface area contributed by atoms with Crippen LogP contribution in [0.25, 0.3) is 0 Å². The molecule has 0 unspecified atom stereocenters. The minimum absolute atomic E-state index is 0.0710. The Morgan fingerprint density at radius 3 is 2.75 bits per heavy atom. The van der Waals surface area contributed by atoms with Crippen LogP contribution in [0.1, 0.15) is 42.0 Å². The molecule has 0 radical (unpaired) electrons. The molecule has 6 nitrogen and oxygen atoms in total. The predicted molar refractivity (Wildman–Crippen MR) is 124 cm³/mol. The highest BCUT2D eigenvalue weighted by Gasteiger charge is 2.41. The number of thiophene rings is 1. The zero-order valence-electron chi connectivity index (χ0n) is 17.5. The molecule has 4 heterocycles. The summed E-state index contributed by atoms with van der Waals surface area (Å²) in [4.78, 5) is 36.5. The molecule has 1 aliphatic carbocycles. The summed E-state index contributed by atoms with van der Waals surface area (Å²) in [6.07, 6.45) is 6.24. The number of nitrogens with zero attached hydrogens (tertiary/aromatic N) is 2. The minimum atomic E-state index is -0.472. The van der Waals surface area contributed by atoms with Gasteiger partial charge in [0.2, 0.25) is 0 Å². The summed E-state index contributed by atoms with van der Waals surface area (Å²) in [6, 6.07) is 13.2. The van der Waals surface area contributed by atoms with Crippen molar-refractivity contribution < 1.29 is 9.59 Å². The third-order valence-electron chi connectivity index (χ3n) is 5.94. The normalized spacial score (nSPS) is 20.6. The second-order valence-corrected chi connectivity index (χ2v) is 8.97. The first-order valence-corrected chi connectivity index (χ1v) is 11.4. The van der Waals surface area contributed by atoms with Crippen LogP contribution >= 0.6 is 11.3 Å². The maximum absolute atomic E-state index is 13.5. The van der Waals surface area contributed by atoms with Crippen LogP contribution in [-0.2, 0) is 9.59 Å². The number of anilines is 1. The van der Waals surface area contributed by atoms with Crippen molar-refractivity contribution in [1.82, 2.24) is 15.3 Å². The van der Waals surface area contributed by atoms with Gasteiger partial charge in [-0.1, -0.05) is 18.2 Å². The number of hydrogen-bond acceptors (Lipinski definition) is 6. The summed E-state index contributed by atoms with van der Waals surface area (Å²) in [5, 5.41) is 8.32. The zero-order valence-corrected chi connectivity index (χ0v) is 18.4. The van der Waals surface area contributed by atoms with Gasteiger partial charge in [-0.2, -0.15) is 0 Å². The number of allylic oxidation sites excluding steroid dienone is 3. The number of Topliss-reactive ketones (excluding diaryl/α,β-unsaturated/α-hetero) is 1. The molecule has 2 atom stereocenters. The van der Waals surface area contributed by atoms with E-state index in [4.69, 9.17) is 0 Å². The van der Waals surface area contributed by atoms with Gasteiger partial charge in [-0.15, -0.1) is 11.3 Å². The highest BCUT2D eigenvalue weighted by Crippen LogP contribution is 2.46. The Morgan fingerprint density at radius 2 is 2.03 bits per heavy atom. The van der Waals surface area contributed by atoms with E-state index in [1.165, 1.54) is 4.88 Å². The average molecular weight is 443 g/mol. The number of hydrogen-bond donors (Lipinski definition) is 2. The van der Waals surface area contributed by atoms with Gasteiger partial charge in [-0.05, 0) is 48.6 Å². The lowest BCUT2D eigenvalue weighted by atomic mass is 9.73. The summed E-state index contributed by atoms with van der Waals surface area (Å²) < 4.78 is 0. The molecule has 0 aromatic carbocycles. The fourth-order valence-electron chi connectivity index (χ4n) is 4.57. The topological polar surface area (TPSA) is 84.0 Å². The molecule has 32 heavy (non-hydrogen) atoms. The Hall–Kier alpha value is -3.58. The van der Waals surface area contributed by atoms with E-state index in [-0.39, 0.29) is 17.6 Å². The van der Waals surface area contributed by atoms with Gasteiger partial charge in [0, 0.05) is 64.3 Å². The molecular formula is C25H22N4O2S. The molecule has 0 saturated carbocycles. The third kappa shape index (κ3) is 3.76. The number of aromatic nitrogens is 2. The van der Waals surface area contributed by atoms with Gasteiger partial charge in [0.1, 0.15) is 5.82 Å². The number of carbonyl (C=O) groups is 2. The molecule has 1 amide bonds. The summed E-state index contributed by atoms with van der Waals surface area (Å²) >= 11 is 1.68. The molecule has 3 aromatic heterocycles. The summed E-state index contributed by atoms with van der Waals surface area (Å²) in [6.45, 7) is 1.89. The third-order valence-corrected chi connectivity index (χ3v) is 6.98. The predicted octanol–water partition coefficient (Wildman–Crippen LogP) is 4.54. The number of pyridine rings is 2. The monoisotopic (exact) mass is 442 g/mol. The molecule has 7 heteroatoms. The fourth-order valence-corrected chi connectivity index (χ4v) is 5.40. The van der Waals surface area contributed by atoms with Gasteiger partial charge in [0.05, 0.1) is 0 Å². The van der Waals surface area contributed by atoms with Gasteiger partial charge < -0.3 is 10.6 Å². The van der Waals surface area contributed by atoms with Crippen molar-refractivity contribution in [3.63, 3.8) is 0 Å². The van der Waals surface area contributed by atoms with Crippen LogP contribution in [0.2, 0.25) is 0 Å². The van der Waals surface area contributed by atoms with Crippen molar-refractivity contribution in [3.05, 3.63) is 99.4 Å². The van der Waals surface area contributed by atoms with E-state index in [0.717, 1.165) is 23.4 Å². The van der Waals surface area contributed by atoms with E-state index in [9.17, 15) is 9.59 Å². The van der Waals surface area contributed by atoms with E-state index in [0.29, 0.717) is 23.4 Å². The first-order chi connectivity index (χ1) is 15.6. The van der Waals surface area contributed by atoms with Crippen molar-refractivity contribution in [2.24, 2.45) is 0 Å². The summed E-state index contributed by atoms with van der Waals surface area (Å²) in [5.74, 6) is -0.0559. The fraction of sp³-hybridized carbons (Fsp3) is 0.200. The lowest BCUT2D eigenvalue weighted by Crippen LogP contribution is -2.37. The van der Waals surface area contributed by atoms with Crippen molar-refractivity contribution in [2.45, 2.75) is 31.6 Å². The molecule has 0 bridgehead atoms. The molecule has 5 rings (SSSR count). The molecule has 2 N–H and O–H groups in total. The van der Waals surface area contributed by atoms with Crippen LogP contribution in [0.3, 0.4) is 0 Å². The molecule has 1 aliphatic heterocycles. The van der Waals surface area contributed by atoms with Crippen LogP contribution < -0.4 is 10.6 Å². The van der Waals surface area contributed by atoms with Gasteiger partial charge in [0.15, 0.2) is 5.78 Å². The summed E-state index contributed by atoms with van der Waals surface area (Å²) in [5.41, 5.74) is 3.66. The molecule has 160 valence electrons. The van der Waals surface area contributed by atoms with E-state index < -0.39 is 5.92 Å². The van der Waals surface area contributed by atoms with Crippen molar-refractivity contribution in [3.8, 4) is 0 Å². The number of carbonyl (C=O) groups excluding carboxylic acids is 2. The summed E-state index contributed by atoms with van der Waals surface area (Å²) in [7, 11) is 0. The Balaban J connectivity index is 1.56. The van der Waals surface area contributed by atoms with Crippen LogP contribution in [0.4, 0.5) is 5.82 Å². The van der Waals surface area contributed by atoms with Gasteiger partial charge in [-0.25, -0.2) is 4.98 Å². The van der Waals surface area contributed by atoms with Crippen LogP contribution in [-0.4, -0.2) is 21.7 Å². The Kier molecular flexibility index (Phi) is 5.41. The first-order valence-electron chi connectivity index (χ1n) is 10.5. The Bertz CT molecular complexity index is 1220. The number of dihydropyridines is 1. The first kappa shape index (κ1) is 20.3. The number of rotatable bonds is 4. The van der Waals surface area contributed by atoms with E-state index in [1.807, 2.05) is 36.6 Å². The van der Waals surface area contributed by atoms with Crippen LogP contribution in [0, 0.1) is 0 Å². The Morgan fingerprint density at radius 1 is 1.12 bits per heavy atom. The number of amides is 1. The SMILES string of the molecule is CC1=C(C(=O)Nc2ccccn2)[C@H](c2cccnc2)C2=C(C[C@@H](c3cccs3)CC2=O)N1. The van der Waals surface area contributed by atoms with Gasteiger partial charge in [0.25, 0.3) is 5.91 Å². The van der Waals surface area contributed by atoms with Gasteiger partial charge >= 0.3 is 0 Å². The van der Waals surface area contributed by atoms with Crippen LogP contribution in [0.15, 0.2) is 89.0 Å². The second kappa shape index (κ2) is 8.51.